The monoisotopic (exact) mass is 409 g/mol. The Morgan fingerprint density at radius 2 is 1.70 bits per heavy atom. The molecule has 1 aliphatic heterocycles. The summed E-state index contributed by atoms with van der Waals surface area (Å²) in [5.74, 6) is -0.206. The summed E-state index contributed by atoms with van der Waals surface area (Å²) in [7, 11) is -3.52. The molecule has 2 aromatic carbocycles. The van der Waals surface area contributed by atoms with Gasteiger partial charge in [-0.05, 0) is 48.7 Å². The SMILES string of the molecule is Cl.Nc1ccc(CC(=O)Nc2cccc(S(=O)(=O)N3CCCCC3)c2)cc1. The van der Waals surface area contributed by atoms with E-state index in [-0.39, 0.29) is 29.6 Å². The smallest absolute Gasteiger partial charge is 0.243 e. The Kier molecular flexibility index (Phi) is 7.24. The first-order valence-corrected chi connectivity index (χ1v) is 10.1. The van der Waals surface area contributed by atoms with Gasteiger partial charge in [-0.1, -0.05) is 24.6 Å². The maximum atomic E-state index is 12.7. The molecule has 0 bridgehead atoms. The molecule has 0 aromatic heterocycles. The lowest BCUT2D eigenvalue weighted by Crippen LogP contribution is -2.35. The summed E-state index contributed by atoms with van der Waals surface area (Å²) < 4.78 is 27.0. The van der Waals surface area contributed by atoms with Crippen LogP contribution in [-0.2, 0) is 21.2 Å². The fourth-order valence-electron chi connectivity index (χ4n) is 3.01. The van der Waals surface area contributed by atoms with Gasteiger partial charge in [0.2, 0.25) is 15.9 Å². The molecule has 0 atom stereocenters. The van der Waals surface area contributed by atoms with Gasteiger partial charge < -0.3 is 11.1 Å². The van der Waals surface area contributed by atoms with Crippen LogP contribution in [-0.4, -0.2) is 31.7 Å². The van der Waals surface area contributed by atoms with Gasteiger partial charge in [-0.25, -0.2) is 8.42 Å². The third kappa shape index (κ3) is 5.45. The van der Waals surface area contributed by atoms with Gasteiger partial charge in [0, 0.05) is 24.5 Å². The zero-order valence-corrected chi connectivity index (χ0v) is 16.6. The Morgan fingerprint density at radius 3 is 2.37 bits per heavy atom. The van der Waals surface area contributed by atoms with Crippen molar-refractivity contribution in [3.63, 3.8) is 0 Å². The van der Waals surface area contributed by atoms with Crippen LogP contribution in [0.1, 0.15) is 24.8 Å². The molecule has 2 aromatic rings. The molecule has 1 heterocycles. The highest BCUT2D eigenvalue weighted by molar-refractivity contribution is 7.89. The number of benzene rings is 2. The van der Waals surface area contributed by atoms with Crippen molar-refractivity contribution in [2.24, 2.45) is 0 Å². The molecular weight excluding hydrogens is 386 g/mol. The lowest BCUT2D eigenvalue weighted by atomic mass is 10.1. The Hall–Kier alpha value is -2.09. The van der Waals surface area contributed by atoms with Crippen LogP contribution >= 0.6 is 12.4 Å². The van der Waals surface area contributed by atoms with Crippen LogP contribution in [0.5, 0.6) is 0 Å². The minimum atomic E-state index is -3.52. The number of halogens is 1. The van der Waals surface area contributed by atoms with Gasteiger partial charge in [-0.3, -0.25) is 4.79 Å². The summed E-state index contributed by atoms with van der Waals surface area (Å²) in [5, 5.41) is 2.77. The Bertz CT molecular complexity index is 879. The molecule has 3 rings (SSSR count). The Morgan fingerprint density at radius 1 is 1.04 bits per heavy atom. The molecule has 3 N–H and O–H groups in total. The highest BCUT2D eigenvalue weighted by Crippen LogP contribution is 2.23. The van der Waals surface area contributed by atoms with Crippen molar-refractivity contribution in [2.45, 2.75) is 30.6 Å². The maximum absolute atomic E-state index is 12.7. The molecule has 0 aliphatic carbocycles. The number of nitrogens with zero attached hydrogens (tertiary/aromatic N) is 1. The zero-order chi connectivity index (χ0) is 18.6. The molecule has 8 heteroatoms. The van der Waals surface area contributed by atoms with Crippen molar-refractivity contribution < 1.29 is 13.2 Å². The van der Waals surface area contributed by atoms with Gasteiger partial charge in [-0.15, -0.1) is 12.4 Å². The van der Waals surface area contributed by atoms with Gasteiger partial charge in [0.25, 0.3) is 0 Å². The molecule has 146 valence electrons. The fraction of sp³-hybridized carbons (Fsp3) is 0.316. The second kappa shape index (κ2) is 9.21. The standard InChI is InChI=1S/C19H23N3O3S.ClH/c20-16-9-7-15(8-10-16)13-19(23)21-17-5-4-6-18(14-17)26(24,25)22-11-2-1-3-12-22;/h4-10,14H,1-3,11-13,20H2,(H,21,23);1H. The number of carbonyl (C=O) groups excluding carboxylic acids is 1. The summed E-state index contributed by atoms with van der Waals surface area (Å²) in [4.78, 5) is 12.4. The number of nitrogens with one attached hydrogen (secondary N) is 1. The molecule has 1 fully saturated rings. The minimum Gasteiger partial charge on any atom is -0.399 e. The zero-order valence-electron chi connectivity index (χ0n) is 14.9. The predicted molar refractivity (Wildman–Crippen MR) is 109 cm³/mol. The third-order valence-electron chi connectivity index (χ3n) is 4.42. The minimum absolute atomic E-state index is 0. The quantitative estimate of drug-likeness (QED) is 0.742. The van der Waals surface area contributed by atoms with Crippen LogP contribution in [0.25, 0.3) is 0 Å². The number of anilines is 2. The van der Waals surface area contributed by atoms with E-state index in [1.807, 2.05) is 0 Å². The van der Waals surface area contributed by atoms with Crippen molar-refractivity contribution in [2.75, 3.05) is 24.1 Å². The van der Waals surface area contributed by atoms with Gasteiger partial charge >= 0.3 is 0 Å². The molecule has 1 amide bonds. The lowest BCUT2D eigenvalue weighted by Gasteiger charge is -2.26. The summed E-state index contributed by atoms with van der Waals surface area (Å²) in [5.41, 5.74) is 7.60. The Labute approximate surface area is 166 Å². The van der Waals surface area contributed by atoms with Crippen LogP contribution < -0.4 is 11.1 Å². The molecule has 0 saturated carbocycles. The number of nitrogen functional groups attached to an aromatic ring is 1. The summed E-state index contributed by atoms with van der Waals surface area (Å²) in [6, 6.07) is 13.5. The predicted octanol–water partition coefficient (Wildman–Crippen LogP) is 3.05. The first-order valence-electron chi connectivity index (χ1n) is 8.70. The van der Waals surface area contributed by atoms with Crippen molar-refractivity contribution in [3.05, 3.63) is 54.1 Å². The first-order chi connectivity index (χ1) is 12.4. The van der Waals surface area contributed by atoms with Crippen LogP contribution in [0.3, 0.4) is 0 Å². The van der Waals surface area contributed by atoms with E-state index in [9.17, 15) is 13.2 Å². The number of carbonyl (C=O) groups is 1. The van der Waals surface area contributed by atoms with E-state index in [0.717, 1.165) is 24.8 Å². The van der Waals surface area contributed by atoms with Crippen molar-refractivity contribution >= 4 is 39.7 Å². The van der Waals surface area contributed by atoms with E-state index in [2.05, 4.69) is 5.32 Å². The van der Waals surface area contributed by atoms with Crippen LogP contribution in [0, 0.1) is 0 Å². The molecule has 6 nitrogen and oxygen atoms in total. The van der Waals surface area contributed by atoms with E-state index >= 15 is 0 Å². The fourth-order valence-corrected chi connectivity index (χ4v) is 4.58. The molecule has 0 unspecified atom stereocenters. The van der Waals surface area contributed by atoms with E-state index in [4.69, 9.17) is 5.73 Å². The number of hydrogen-bond donors (Lipinski definition) is 2. The van der Waals surface area contributed by atoms with Crippen LogP contribution in [0.4, 0.5) is 11.4 Å². The average molecular weight is 410 g/mol. The molecule has 0 spiro atoms. The normalized spacial score (nSPS) is 15.0. The summed E-state index contributed by atoms with van der Waals surface area (Å²) in [6.45, 7) is 1.10. The van der Waals surface area contributed by atoms with Crippen molar-refractivity contribution in [1.29, 1.82) is 0 Å². The molecular formula is C19H24ClN3O3S. The summed E-state index contributed by atoms with van der Waals surface area (Å²) >= 11 is 0. The number of rotatable bonds is 5. The number of hydrogen-bond acceptors (Lipinski definition) is 4. The molecule has 27 heavy (non-hydrogen) atoms. The number of sulfonamides is 1. The van der Waals surface area contributed by atoms with Crippen LogP contribution in [0.2, 0.25) is 0 Å². The van der Waals surface area contributed by atoms with Gasteiger partial charge in [0.15, 0.2) is 0 Å². The Balaban J connectivity index is 0.00000261. The van der Waals surface area contributed by atoms with Crippen molar-refractivity contribution in [3.8, 4) is 0 Å². The van der Waals surface area contributed by atoms with Crippen molar-refractivity contribution in [1.82, 2.24) is 4.31 Å². The van der Waals surface area contributed by atoms with E-state index in [1.165, 1.54) is 10.4 Å². The van der Waals surface area contributed by atoms with Gasteiger partial charge in [-0.2, -0.15) is 4.31 Å². The van der Waals surface area contributed by atoms with E-state index in [1.54, 1.807) is 42.5 Å². The highest BCUT2D eigenvalue weighted by Gasteiger charge is 2.26. The lowest BCUT2D eigenvalue weighted by molar-refractivity contribution is -0.115. The topological polar surface area (TPSA) is 92.5 Å². The number of amides is 1. The molecule has 1 saturated heterocycles. The highest BCUT2D eigenvalue weighted by atomic mass is 35.5. The molecule has 1 aliphatic rings. The second-order valence-electron chi connectivity index (χ2n) is 6.46. The van der Waals surface area contributed by atoms with E-state index in [0.29, 0.717) is 24.5 Å². The largest absolute Gasteiger partial charge is 0.399 e. The molecule has 0 radical (unpaired) electrons. The van der Waals surface area contributed by atoms with Gasteiger partial charge in [0.1, 0.15) is 0 Å². The first kappa shape index (κ1) is 21.2. The van der Waals surface area contributed by atoms with Gasteiger partial charge in [0.05, 0.1) is 11.3 Å². The maximum Gasteiger partial charge on any atom is 0.243 e. The average Bonchev–Trinajstić information content (AvgIpc) is 2.64. The third-order valence-corrected chi connectivity index (χ3v) is 6.31. The van der Waals surface area contributed by atoms with Crippen LogP contribution in [0.15, 0.2) is 53.4 Å². The number of nitrogens with two attached hydrogens (primary N) is 1. The number of piperidine rings is 1. The second-order valence-corrected chi connectivity index (χ2v) is 8.40. The van der Waals surface area contributed by atoms with E-state index < -0.39 is 10.0 Å². The summed E-state index contributed by atoms with van der Waals surface area (Å²) in [6.07, 6.45) is 3.03.